The number of hydrazone groups is 1. The number of aryl methyl sites for hydroxylation is 1. The minimum atomic E-state index is -1.01. The lowest BCUT2D eigenvalue weighted by molar-refractivity contribution is -0.136. The van der Waals surface area contributed by atoms with Crippen LogP contribution in [0.3, 0.4) is 0 Å². The van der Waals surface area contributed by atoms with Crippen LogP contribution in [0.25, 0.3) is 0 Å². The van der Waals surface area contributed by atoms with E-state index in [0.717, 1.165) is 23.3 Å². The molecule has 0 aliphatic heterocycles. The van der Waals surface area contributed by atoms with Gasteiger partial charge in [-0.15, -0.1) is 11.3 Å². The van der Waals surface area contributed by atoms with Crippen molar-refractivity contribution in [3.05, 3.63) is 74.4 Å². The summed E-state index contributed by atoms with van der Waals surface area (Å²) in [5, 5.41) is 6.83. The fourth-order valence-electron chi connectivity index (χ4n) is 3.89. The van der Waals surface area contributed by atoms with Gasteiger partial charge in [-0.3, -0.25) is 9.59 Å². The number of fused-ring (bicyclic) bond motifs is 1. The van der Waals surface area contributed by atoms with E-state index in [9.17, 15) is 18.8 Å². The van der Waals surface area contributed by atoms with Crippen molar-refractivity contribution in [1.29, 1.82) is 0 Å². The number of carbonyl (C=O) groups is 3. The third-order valence-corrected chi connectivity index (χ3v) is 7.31. The molecule has 1 aliphatic carbocycles. The number of anilines is 1. The second-order valence-electron chi connectivity index (χ2n) is 8.11. The minimum Gasteiger partial charge on any atom is -0.493 e. The van der Waals surface area contributed by atoms with Gasteiger partial charge >= 0.3 is 17.8 Å². The molecule has 0 saturated carbocycles. The van der Waals surface area contributed by atoms with E-state index in [1.165, 1.54) is 43.9 Å². The predicted octanol–water partition coefficient (Wildman–Crippen LogP) is 4.49. The van der Waals surface area contributed by atoms with Gasteiger partial charge in [0, 0.05) is 10.4 Å². The Kier molecular flexibility index (Phi) is 8.59. The number of methoxy groups -OCH3 is 2. The van der Waals surface area contributed by atoms with Gasteiger partial charge in [0.05, 0.1) is 31.0 Å². The van der Waals surface area contributed by atoms with E-state index >= 15 is 0 Å². The summed E-state index contributed by atoms with van der Waals surface area (Å²) >= 11 is 7.30. The molecular formula is C26H23ClFN3O6S. The largest absolute Gasteiger partial charge is 0.493 e. The van der Waals surface area contributed by atoms with Crippen LogP contribution in [0.2, 0.25) is 5.02 Å². The molecule has 4 rings (SSSR count). The second-order valence-corrected chi connectivity index (χ2v) is 9.62. The van der Waals surface area contributed by atoms with Crippen LogP contribution in [-0.4, -0.2) is 38.2 Å². The van der Waals surface area contributed by atoms with E-state index < -0.39 is 23.6 Å². The molecule has 0 fully saturated rings. The van der Waals surface area contributed by atoms with Crippen LogP contribution < -0.4 is 20.2 Å². The van der Waals surface area contributed by atoms with Gasteiger partial charge in [-0.1, -0.05) is 17.7 Å². The average molecular weight is 560 g/mol. The lowest BCUT2D eigenvalue weighted by Gasteiger charge is -2.12. The highest BCUT2D eigenvalue weighted by Crippen LogP contribution is 2.39. The van der Waals surface area contributed by atoms with Crippen LogP contribution in [0.1, 0.15) is 38.3 Å². The molecule has 0 radical (unpaired) electrons. The molecule has 2 aromatic carbocycles. The van der Waals surface area contributed by atoms with E-state index in [1.54, 1.807) is 24.3 Å². The van der Waals surface area contributed by atoms with Crippen molar-refractivity contribution in [2.75, 3.05) is 19.5 Å². The lowest BCUT2D eigenvalue weighted by Crippen LogP contribution is -2.32. The van der Waals surface area contributed by atoms with Crippen molar-refractivity contribution in [3.8, 4) is 11.5 Å². The Balaban J connectivity index is 1.37. The molecule has 38 heavy (non-hydrogen) atoms. The monoisotopic (exact) mass is 559 g/mol. The molecule has 0 saturated heterocycles. The van der Waals surface area contributed by atoms with Crippen molar-refractivity contribution >= 4 is 51.9 Å². The van der Waals surface area contributed by atoms with Crippen molar-refractivity contribution in [3.63, 3.8) is 0 Å². The number of esters is 1. The number of amides is 2. The molecule has 3 aromatic rings. The highest BCUT2D eigenvalue weighted by molar-refractivity contribution is 7.17. The lowest BCUT2D eigenvalue weighted by atomic mass is 10.1. The van der Waals surface area contributed by atoms with Gasteiger partial charge in [-0.05, 0) is 60.7 Å². The summed E-state index contributed by atoms with van der Waals surface area (Å²) in [5.74, 6) is -2.34. The number of hydrogen-bond acceptors (Lipinski definition) is 8. The first kappa shape index (κ1) is 27.1. The summed E-state index contributed by atoms with van der Waals surface area (Å²) in [6.07, 6.45) is 3.75. The van der Waals surface area contributed by atoms with E-state index in [-0.39, 0.29) is 22.2 Å². The molecule has 198 valence electrons. The SMILES string of the molecule is COC(=O)c1c(NC(=O)C(=O)N/N=C/c2ccc(OCc3c(F)cccc3Cl)c(OC)c2)sc2c1CCC2. The normalized spacial score (nSPS) is 12.2. The summed E-state index contributed by atoms with van der Waals surface area (Å²) in [4.78, 5) is 37.9. The maximum absolute atomic E-state index is 14.0. The van der Waals surface area contributed by atoms with E-state index in [4.69, 9.17) is 25.8 Å². The Morgan fingerprint density at radius 3 is 2.68 bits per heavy atom. The Morgan fingerprint density at radius 2 is 1.95 bits per heavy atom. The Morgan fingerprint density at radius 1 is 1.13 bits per heavy atom. The fourth-order valence-corrected chi connectivity index (χ4v) is 5.38. The number of benzene rings is 2. The summed E-state index contributed by atoms with van der Waals surface area (Å²) in [6, 6.07) is 9.18. The number of carbonyl (C=O) groups excluding carboxylic acids is 3. The zero-order chi connectivity index (χ0) is 27.2. The van der Waals surface area contributed by atoms with Gasteiger partial charge in [0.15, 0.2) is 11.5 Å². The van der Waals surface area contributed by atoms with Gasteiger partial charge in [-0.25, -0.2) is 14.6 Å². The summed E-state index contributed by atoms with van der Waals surface area (Å²) in [7, 11) is 2.70. The number of nitrogens with one attached hydrogen (secondary N) is 2. The molecule has 12 heteroatoms. The van der Waals surface area contributed by atoms with E-state index in [1.807, 2.05) is 0 Å². The average Bonchev–Trinajstić information content (AvgIpc) is 3.49. The Hall–Kier alpha value is -3.96. The fraction of sp³-hybridized carbons (Fsp3) is 0.231. The minimum absolute atomic E-state index is 0.106. The molecule has 1 aromatic heterocycles. The maximum Gasteiger partial charge on any atom is 0.341 e. The Labute approximate surface area is 226 Å². The van der Waals surface area contributed by atoms with Crippen LogP contribution >= 0.6 is 22.9 Å². The van der Waals surface area contributed by atoms with Gasteiger partial charge in [0.25, 0.3) is 0 Å². The van der Waals surface area contributed by atoms with Gasteiger partial charge in [0.2, 0.25) is 0 Å². The highest BCUT2D eigenvalue weighted by Gasteiger charge is 2.29. The molecule has 2 amide bonds. The zero-order valence-corrected chi connectivity index (χ0v) is 22.0. The number of nitrogens with zero attached hydrogens (tertiary/aromatic N) is 1. The first-order valence-electron chi connectivity index (χ1n) is 11.4. The van der Waals surface area contributed by atoms with Crippen LogP contribution in [-0.2, 0) is 33.8 Å². The molecule has 2 N–H and O–H groups in total. The van der Waals surface area contributed by atoms with Crippen molar-refractivity contribution in [2.24, 2.45) is 5.10 Å². The molecule has 0 atom stereocenters. The molecular weight excluding hydrogens is 537 g/mol. The van der Waals surface area contributed by atoms with Crippen LogP contribution in [0.4, 0.5) is 9.39 Å². The second kappa shape index (κ2) is 12.1. The van der Waals surface area contributed by atoms with Gasteiger partial charge in [-0.2, -0.15) is 5.10 Å². The van der Waals surface area contributed by atoms with Crippen LogP contribution in [0.5, 0.6) is 11.5 Å². The first-order chi connectivity index (χ1) is 18.3. The number of ether oxygens (including phenoxy) is 3. The Bertz CT molecular complexity index is 1400. The summed E-state index contributed by atoms with van der Waals surface area (Å²) in [6.45, 7) is -0.106. The number of hydrogen-bond donors (Lipinski definition) is 2. The molecule has 1 aliphatic rings. The molecule has 0 bridgehead atoms. The topological polar surface area (TPSA) is 115 Å². The van der Waals surface area contributed by atoms with Crippen molar-refractivity contribution in [2.45, 2.75) is 25.9 Å². The van der Waals surface area contributed by atoms with E-state index in [2.05, 4.69) is 15.8 Å². The maximum atomic E-state index is 14.0. The number of halogens is 2. The standard InChI is InChI=1S/C26H23ClFN3O6S/c1-35-20-11-14(9-10-19(20)37-13-16-17(27)6-4-7-18(16)28)12-29-31-24(33)23(32)30-25-22(26(34)36-2)15-5-3-8-21(15)38-25/h4,6-7,9-12H,3,5,8,13H2,1-2H3,(H,30,32)(H,31,33)/b29-12+. The molecule has 0 spiro atoms. The molecule has 9 nitrogen and oxygen atoms in total. The summed E-state index contributed by atoms with van der Waals surface area (Å²) < 4.78 is 29.8. The predicted molar refractivity (Wildman–Crippen MR) is 141 cm³/mol. The van der Waals surface area contributed by atoms with Crippen LogP contribution in [0.15, 0.2) is 41.5 Å². The quantitative estimate of drug-likeness (QED) is 0.182. The zero-order valence-electron chi connectivity index (χ0n) is 20.4. The van der Waals surface area contributed by atoms with Gasteiger partial charge < -0.3 is 19.5 Å². The van der Waals surface area contributed by atoms with E-state index in [0.29, 0.717) is 29.0 Å². The molecule has 0 unspecified atom stereocenters. The van der Waals surface area contributed by atoms with Crippen LogP contribution in [0, 0.1) is 5.82 Å². The third kappa shape index (κ3) is 5.95. The third-order valence-electron chi connectivity index (χ3n) is 5.75. The first-order valence-corrected chi connectivity index (χ1v) is 12.6. The molecule has 1 heterocycles. The smallest absolute Gasteiger partial charge is 0.341 e. The number of thiophene rings is 1. The van der Waals surface area contributed by atoms with Gasteiger partial charge in [0.1, 0.15) is 17.4 Å². The van der Waals surface area contributed by atoms with Crippen molar-refractivity contribution < 1.29 is 33.0 Å². The highest BCUT2D eigenvalue weighted by atomic mass is 35.5. The summed E-state index contributed by atoms with van der Waals surface area (Å²) in [5.41, 5.74) is 4.05. The number of rotatable bonds is 8. The van der Waals surface area contributed by atoms with Crippen molar-refractivity contribution in [1.82, 2.24) is 5.43 Å².